The second-order valence-electron chi connectivity index (χ2n) is 5.38. The van der Waals surface area contributed by atoms with Gasteiger partial charge in [0.25, 0.3) is 0 Å². The summed E-state index contributed by atoms with van der Waals surface area (Å²) in [6.45, 7) is 7.00. The Hall–Kier alpha value is -2.23. The van der Waals surface area contributed by atoms with E-state index in [4.69, 9.17) is 4.42 Å². The maximum Gasteiger partial charge on any atom is 0.134 e. The highest BCUT2D eigenvalue weighted by Crippen LogP contribution is 2.28. The number of benzene rings is 1. The summed E-state index contributed by atoms with van der Waals surface area (Å²) in [4.78, 5) is 0. The van der Waals surface area contributed by atoms with E-state index in [0.717, 1.165) is 41.4 Å². The molecule has 0 amide bonds. The molecular weight excluding hydrogens is 262 g/mol. The number of aryl methyl sites for hydroxylation is 3. The Balaban J connectivity index is 1.94. The standard InChI is InChI=1S/C17H21N3O/c1-5-15-14(13-8-6-7-9-16(13)21-15)10-18-17-11(2)19-20(4)12(17)3/h6-9,18H,5,10H2,1-4H3. The van der Waals surface area contributed by atoms with Crippen molar-refractivity contribution in [2.24, 2.45) is 7.05 Å². The van der Waals surface area contributed by atoms with Crippen LogP contribution in [0.25, 0.3) is 11.0 Å². The smallest absolute Gasteiger partial charge is 0.134 e. The van der Waals surface area contributed by atoms with Gasteiger partial charge in [-0.05, 0) is 19.9 Å². The van der Waals surface area contributed by atoms with Crippen LogP contribution in [-0.2, 0) is 20.0 Å². The van der Waals surface area contributed by atoms with Gasteiger partial charge in [-0.2, -0.15) is 5.10 Å². The van der Waals surface area contributed by atoms with E-state index in [1.807, 2.05) is 30.8 Å². The molecule has 4 nitrogen and oxygen atoms in total. The molecule has 0 saturated carbocycles. The second-order valence-corrected chi connectivity index (χ2v) is 5.38. The van der Waals surface area contributed by atoms with Crippen molar-refractivity contribution in [1.29, 1.82) is 0 Å². The highest BCUT2D eigenvalue weighted by Gasteiger charge is 2.14. The molecule has 0 atom stereocenters. The van der Waals surface area contributed by atoms with Crippen LogP contribution in [0, 0.1) is 13.8 Å². The highest BCUT2D eigenvalue weighted by molar-refractivity contribution is 5.82. The van der Waals surface area contributed by atoms with Crippen LogP contribution in [0.15, 0.2) is 28.7 Å². The Kier molecular flexibility index (Phi) is 3.45. The lowest BCUT2D eigenvalue weighted by Gasteiger charge is -2.07. The zero-order valence-electron chi connectivity index (χ0n) is 13.0. The minimum Gasteiger partial charge on any atom is -0.461 e. The molecule has 2 heterocycles. The van der Waals surface area contributed by atoms with E-state index in [9.17, 15) is 0 Å². The number of rotatable bonds is 4. The maximum absolute atomic E-state index is 5.94. The molecular formula is C17H21N3O. The lowest BCUT2D eigenvalue weighted by molar-refractivity contribution is 0.551. The van der Waals surface area contributed by atoms with E-state index in [2.05, 4.69) is 36.4 Å². The first-order chi connectivity index (χ1) is 10.1. The number of hydrogen-bond donors (Lipinski definition) is 1. The maximum atomic E-state index is 5.94. The van der Waals surface area contributed by atoms with Gasteiger partial charge in [0.15, 0.2) is 0 Å². The Bertz CT molecular complexity index is 783. The van der Waals surface area contributed by atoms with Gasteiger partial charge >= 0.3 is 0 Å². The fourth-order valence-electron chi connectivity index (χ4n) is 2.84. The summed E-state index contributed by atoms with van der Waals surface area (Å²) in [6, 6.07) is 8.22. The topological polar surface area (TPSA) is 43.0 Å². The largest absolute Gasteiger partial charge is 0.461 e. The van der Waals surface area contributed by atoms with Crippen LogP contribution in [0.2, 0.25) is 0 Å². The predicted octanol–water partition coefficient (Wildman–Crippen LogP) is 3.96. The first kappa shape index (κ1) is 13.7. The Morgan fingerprint density at radius 2 is 2.00 bits per heavy atom. The molecule has 110 valence electrons. The zero-order chi connectivity index (χ0) is 15.0. The number of nitrogens with one attached hydrogen (secondary N) is 1. The van der Waals surface area contributed by atoms with E-state index >= 15 is 0 Å². The number of nitrogens with zero attached hydrogens (tertiary/aromatic N) is 2. The van der Waals surface area contributed by atoms with Crippen LogP contribution < -0.4 is 5.32 Å². The molecule has 0 bridgehead atoms. The van der Waals surface area contributed by atoms with Gasteiger partial charge in [-0.25, -0.2) is 0 Å². The SMILES string of the molecule is CCc1oc2ccccc2c1CNc1c(C)nn(C)c1C. The quantitative estimate of drug-likeness (QED) is 0.788. The summed E-state index contributed by atoms with van der Waals surface area (Å²) in [5.74, 6) is 1.06. The average molecular weight is 283 g/mol. The van der Waals surface area contributed by atoms with Crippen LogP contribution in [0.4, 0.5) is 5.69 Å². The molecule has 0 fully saturated rings. The molecule has 0 saturated heterocycles. The summed E-state index contributed by atoms with van der Waals surface area (Å²) in [7, 11) is 1.97. The molecule has 3 rings (SSSR count). The molecule has 0 spiro atoms. The second kappa shape index (κ2) is 5.28. The third kappa shape index (κ3) is 2.31. The minimum atomic E-state index is 0.758. The van der Waals surface area contributed by atoms with Gasteiger partial charge in [-0.3, -0.25) is 4.68 Å². The van der Waals surface area contributed by atoms with Crippen molar-refractivity contribution < 1.29 is 4.42 Å². The molecule has 3 aromatic rings. The van der Waals surface area contributed by atoms with Crippen molar-refractivity contribution in [3.8, 4) is 0 Å². The fourth-order valence-corrected chi connectivity index (χ4v) is 2.84. The normalized spacial score (nSPS) is 11.2. The molecule has 0 aliphatic heterocycles. The third-order valence-corrected chi connectivity index (χ3v) is 4.05. The monoisotopic (exact) mass is 283 g/mol. The molecule has 2 aromatic heterocycles. The van der Waals surface area contributed by atoms with E-state index in [1.54, 1.807) is 0 Å². The molecule has 0 unspecified atom stereocenters. The van der Waals surface area contributed by atoms with E-state index in [-0.39, 0.29) is 0 Å². The molecule has 1 N–H and O–H groups in total. The van der Waals surface area contributed by atoms with Crippen molar-refractivity contribution in [2.45, 2.75) is 33.7 Å². The summed E-state index contributed by atoms with van der Waals surface area (Å²) >= 11 is 0. The summed E-state index contributed by atoms with van der Waals surface area (Å²) in [5.41, 5.74) is 5.51. The Morgan fingerprint density at radius 3 is 2.67 bits per heavy atom. The molecule has 21 heavy (non-hydrogen) atoms. The lowest BCUT2D eigenvalue weighted by atomic mass is 10.1. The number of fused-ring (bicyclic) bond motifs is 1. The first-order valence-corrected chi connectivity index (χ1v) is 7.35. The minimum absolute atomic E-state index is 0.758. The van der Waals surface area contributed by atoms with Crippen LogP contribution in [0.5, 0.6) is 0 Å². The van der Waals surface area contributed by atoms with Crippen LogP contribution in [0.3, 0.4) is 0 Å². The van der Waals surface area contributed by atoms with Gasteiger partial charge < -0.3 is 9.73 Å². The van der Waals surface area contributed by atoms with Gasteiger partial charge in [0.2, 0.25) is 0 Å². The molecule has 0 aliphatic rings. The number of anilines is 1. The van der Waals surface area contributed by atoms with Crippen LogP contribution in [0.1, 0.15) is 29.6 Å². The van der Waals surface area contributed by atoms with Gasteiger partial charge in [-0.1, -0.05) is 25.1 Å². The summed E-state index contributed by atoms with van der Waals surface area (Å²) in [5, 5.41) is 9.17. The first-order valence-electron chi connectivity index (χ1n) is 7.35. The zero-order valence-corrected chi connectivity index (χ0v) is 13.0. The third-order valence-electron chi connectivity index (χ3n) is 4.05. The number of aromatic nitrogens is 2. The van der Waals surface area contributed by atoms with Crippen molar-refractivity contribution in [1.82, 2.24) is 9.78 Å². The fraction of sp³-hybridized carbons (Fsp3) is 0.353. The van der Waals surface area contributed by atoms with Crippen molar-refractivity contribution in [2.75, 3.05) is 5.32 Å². The van der Waals surface area contributed by atoms with Crippen LogP contribution >= 0.6 is 0 Å². The van der Waals surface area contributed by atoms with Gasteiger partial charge in [-0.15, -0.1) is 0 Å². The molecule has 0 aliphatic carbocycles. The Labute approximate surface area is 124 Å². The average Bonchev–Trinajstić information content (AvgIpc) is 2.95. The van der Waals surface area contributed by atoms with Gasteiger partial charge in [0, 0.05) is 31.0 Å². The van der Waals surface area contributed by atoms with E-state index < -0.39 is 0 Å². The summed E-state index contributed by atoms with van der Waals surface area (Å²) < 4.78 is 7.85. The highest BCUT2D eigenvalue weighted by atomic mass is 16.3. The lowest BCUT2D eigenvalue weighted by Crippen LogP contribution is -2.03. The molecule has 1 aromatic carbocycles. The van der Waals surface area contributed by atoms with Crippen molar-refractivity contribution in [3.05, 3.63) is 47.0 Å². The van der Waals surface area contributed by atoms with Crippen LogP contribution in [-0.4, -0.2) is 9.78 Å². The van der Waals surface area contributed by atoms with Crippen molar-refractivity contribution >= 4 is 16.7 Å². The van der Waals surface area contributed by atoms with E-state index in [0.29, 0.717) is 0 Å². The number of para-hydroxylation sites is 1. The Morgan fingerprint density at radius 1 is 1.24 bits per heavy atom. The molecule has 0 radical (unpaired) electrons. The summed E-state index contributed by atoms with van der Waals surface area (Å²) in [6.07, 6.45) is 0.900. The number of furan rings is 1. The van der Waals surface area contributed by atoms with E-state index in [1.165, 1.54) is 10.9 Å². The molecule has 4 heteroatoms. The number of hydrogen-bond acceptors (Lipinski definition) is 3. The van der Waals surface area contributed by atoms with Crippen molar-refractivity contribution in [3.63, 3.8) is 0 Å². The van der Waals surface area contributed by atoms with Gasteiger partial charge in [0.1, 0.15) is 11.3 Å². The van der Waals surface area contributed by atoms with Gasteiger partial charge in [0.05, 0.1) is 17.1 Å². The predicted molar refractivity (Wildman–Crippen MR) is 85.6 cm³/mol.